The van der Waals surface area contributed by atoms with Gasteiger partial charge in [-0.25, -0.2) is 4.98 Å². The van der Waals surface area contributed by atoms with Crippen molar-refractivity contribution < 1.29 is 9.26 Å². The highest BCUT2D eigenvalue weighted by Crippen LogP contribution is 2.34. The summed E-state index contributed by atoms with van der Waals surface area (Å²) in [6.45, 7) is 3.89. The van der Waals surface area contributed by atoms with E-state index in [2.05, 4.69) is 27.2 Å². The molecule has 5 nitrogen and oxygen atoms in total. The SMILES string of the molecule is Cc1cc(C2CCCN2Cc2cccc(Oc3ccccn3)c2)on1. The standard InChI is InChI=1S/C20H21N3O2/c1-15-12-19(25-22-15)18-8-5-11-23(18)14-16-6-4-7-17(13-16)24-20-9-2-3-10-21-20/h2-4,6-7,9-10,12-13,18H,5,8,11,14H2,1H3. The van der Waals surface area contributed by atoms with Crippen molar-refractivity contribution >= 4 is 0 Å². The first-order valence-corrected chi connectivity index (χ1v) is 8.63. The molecule has 1 unspecified atom stereocenters. The lowest BCUT2D eigenvalue weighted by atomic mass is 10.1. The van der Waals surface area contributed by atoms with Gasteiger partial charge in [0.15, 0.2) is 5.76 Å². The van der Waals surface area contributed by atoms with Crippen molar-refractivity contribution in [3.63, 3.8) is 0 Å². The number of nitrogens with zero attached hydrogens (tertiary/aromatic N) is 3. The van der Waals surface area contributed by atoms with Gasteiger partial charge in [0.05, 0.1) is 11.7 Å². The van der Waals surface area contributed by atoms with Gasteiger partial charge in [0.2, 0.25) is 5.88 Å². The molecule has 1 atom stereocenters. The molecule has 0 spiro atoms. The average Bonchev–Trinajstić information content (AvgIpc) is 3.25. The second-order valence-electron chi connectivity index (χ2n) is 6.42. The highest BCUT2D eigenvalue weighted by atomic mass is 16.5. The van der Waals surface area contributed by atoms with E-state index in [1.54, 1.807) is 6.20 Å². The Morgan fingerprint density at radius 2 is 2.16 bits per heavy atom. The Bertz CT molecular complexity index is 832. The van der Waals surface area contributed by atoms with Crippen molar-refractivity contribution in [3.8, 4) is 11.6 Å². The second kappa shape index (κ2) is 7.07. The molecule has 0 saturated carbocycles. The summed E-state index contributed by atoms with van der Waals surface area (Å²) < 4.78 is 11.3. The van der Waals surface area contributed by atoms with Gasteiger partial charge in [-0.3, -0.25) is 4.90 Å². The molecule has 4 rings (SSSR count). The fraction of sp³-hybridized carbons (Fsp3) is 0.300. The maximum Gasteiger partial charge on any atom is 0.219 e. The number of likely N-dealkylation sites (tertiary alicyclic amines) is 1. The summed E-state index contributed by atoms with van der Waals surface area (Å²) in [4.78, 5) is 6.65. The number of aryl methyl sites for hydroxylation is 1. The van der Waals surface area contributed by atoms with Gasteiger partial charge in [-0.15, -0.1) is 0 Å². The third-order valence-corrected chi connectivity index (χ3v) is 4.48. The van der Waals surface area contributed by atoms with Gasteiger partial charge >= 0.3 is 0 Å². The van der Waals surface area contributed by atoms with Crippen LogP contribution in [0.15, 0.2) is 59.3 Å². The molecule has 3 heterocycles. The molecule has 1 fully saturated rings. The van der Waals surface area contributed by atoms with Gasteiger partial charge in [-0.2, -0.15) is 0 Å². The van der Waals surface area contributed by atoms with Gasteiger partial charge in [0.25, 0.3) is 0 Å². The zero-order valence-electron chi connectivity index (χ0n) is 14.3. The summed E-state index contributed by atoms with van der Waals surface area (Å²) in [5.74, 6) is 2.38. The molecule has 1 aliphatic rings. The van der Waals surface area contributed by atoms with Crippen LogP contribution in [0, 0.1) is 6.92 Å². The number of aromatic nitrogens is 2. The molecule has 128 valence electrons. The van der Waals surface area contributed by atoms with Crippen LogP contribution in [-0.4, -0.2) is 21.6 Å². The highest BCUT2D eigenvalue weighted by molar-refractivity contribution is 5.31. The molecular formula is C20H21N3O2. The van der Waals surface area contributed by atoms with Crippen LogP contribution >= 0.6 is 0 Å². The van der Waals surface area contributed by atoms with Gasteiger partial charge in [-0.1, -0.05) is 23.4 Å². The minimum atomic E-state index is 0.307. The Morgan fingerprint density at radius 3 is 2.96 bits per heavy atom. The number of hydrogen-bond donors (Lipinski definition) is 0. The lowest BCUT2D eigenvalue weighted by molar-refractivity contribution is 0.206. The molecule has 0 radical (unpaired) electrons. The summed E-state index contributed by atoms with van der Waals surface area (Å²) in [5.41, 5.74) is 2.16. The predicted molar refractivity (Wildman–Crippen MR) is 94.4 cm³/mol. The van der Waals surface area contributed by atoms with Crippen LogP contribution in [-0.2, 0) is 6.54 Å². The summed E-state index contributed by atoms with van der Waals surface area (Å²) in [5, 5.41) is 4.04. The van der Waals surface area contributed by atoms with E-state index in [0.717, 1.165) is 36.7 Å². The molecule has 2 aromatic heterocycles. The molecule has 3 aromatic rings. The summed E-state index contributed by atoms with van der Waals surface area (Å²) in [7, 11) is 0. The smallest absolute Gasteiger partial charge is 0.219 e. The van der Waals surface area contributed by atoms with Crippen molar-refractivity contribution in [2.24, 2.45) is 0 Å². The fourth-order valence-electron chi connectivity index (χ4n) is 3.35. The molecule has 1 aliphatic heterocycles. The van der Waals surface area contributed by atoms with Gasteiger partial charge < -0.3 is 9.26 Å². The monoisotopic (exact) mass is 335 g/mol. The quantitative estimate of drug-likeness (QED) is 0.687. The van der Waals surface area contributed by atoms with Crippen molar-refractivity contribution in [1.82, 2.24) is 15.0 Å². The van der Waals surface area contributed by atoms with Crippen LogP contribution in [0.4, 0.5) is 0 Å². The normalized spacial score (nSPS) is 17.7. The van der Waals surface area contributed by atoms with Crippen molar-refractivity contribution in [1.29, 1.82) is 0 Å². The molecule has 0 bridgehead atoms. The first-order chi connectivity index (χ1) is 12.3. The van der Waals surface area contributed by atoms with Gasteiger partial charge in [0.1, 0.15) is 5.75 Å². The van der Waals surface area contributed by atoms with E-state index in [1.165, 1.54) is 12.0 Å². The largest absolute Gasteiger partial charge is 0.439 e. The lowest BCUT2D eigenvalue weighted by Crippen LogP contribution is -2.22. The highest BCUT2D eigenvalue weighted by Gasteiger charge is 2.29. The summed E-state index contributed by atoms with van der Waals surface area (Å²) in [6, 6.07) is 16.2. The summed E-state index contributed by atoms with van der Waals surface area (Å²) >= 11 is 0. The molecule has 25 heavy (non-hydrogen) atoms. The number of ether oxygens (including phenoxy) is 1. The van der Waals surface area contributed by atoms with Crippen LogP contribution in [0.3, 0.4) is 0 Å². The Hall–Kier alpha value is -2.66. The minimum absolute atomic E-state index is 0.307. The van der Waals surface area contributed by atoms with E-state index in [0.29, 0.717) is 11.9 Å². The third-order valence-electron chi connectivity index (χ3n) is 4.48. The first kappa shape index (κ1) is 15.8. The van der Waals surface area contributed by atoms with Crippen LogP contribution in [0.1, 0.15) is 35.9 Å². The van der Waals surface area contributed by atoms with Crippen molar-refractivity contribution in [2.45, 2.75) is 32.4 Å². The van der Waals surface area contributed by atoms with Gasteiger partial charge in [-0.05, 0) is 50.1 Å². The minimum Gasteiger partial charge on any atom is -0.439 e. The van der Waals surface area contributed by atoms with Crippen LogP contribution in [0.5, 0.6) is 11.6 Å². The predicted octanol–water partition coefficient (Wildman–Crippen LogP) is 4.51. The van der Waals surface area contributed by atoms with E-state index in [1.807, 2.05) is 43.3 Å². The zero-order chi connectivity index (χ0) is 17.1. The molecule has 1 saturated heterocycles. The average molecular weight is 335 g/mol. The Labute approximate surface area is 147 Å². The molecular weight excluding hydrogens is 314 g/mol. The van der Waals surface area contributed by atoms with E-state index in [4.69, 9.17) is 9.26 Å². The molecule has 0 amide bonds. The maximum atomic E-state index is 5.84. The van der Waals surface area contributed by atoms with Crippen LogP contribution in [0.2, 0.25) is 0 Å². The second-order valence-corrected chi connectivity index (χ2v) is 6.42. The first-order valence-electron chi connectivity index (χ1n) is 8.63. The van der Waals surface area contributed by atoms with E-state index < -0.39 is 0 Å². The number of pyridine rings is 1. The lowest BCUT2D eigenvalue weighted by Gasteiger charge is -2.22. The Kier molecular flexibility index (Phi) is 4.48. The maximum absolute atomic E-state index is 5.84. The number of hydrogen-bond acceptors (Lipinski definition) is 5. The van der Waals surface area contributed by atoms with Gasteiger partial charge in [0, 0.05) is 24.9 Å². The number of benzene rings is 1. The molecule has 5 heteroatoms. The van der Waals surface area contributed by atoms with E-state index in [9.17, 15) is 0 Å². The molecule has 0 N–H and O–H groups in total. The Morgan fingerprint density at radius 1 is 1.20 bits per heavy atom. The summed E-state index contributed by atoms with van der Waals surface area (Å²) in [6.07, 6.45) is 4.01. The third kappa shape index (κ3) is 3.72. The van der Waals surface area contributed by atoms with Crippen LogP contribution < -0.4 is 4.74 Å². The van der Waals surface area contributed by atoms with Crippen molar-refractivity contribution in [2.75, 3.05) is 6.54 Å². The molecule has 1 aromatic carbocycles. The molecule has 0 aliphatic carbocycles. The topological polar surface area (TPSA) is 51.4 Å². The zero-order valence-corrected chi connectivity index (χ0v) is 14.3. The van der Waals surface area contributed by atoms with Crippen LogP contribution in [0.25, 0.3) is 0 Å². The fourth-order valence-corrected chi connectivity index (χ4v) is 3.35. The Balaban J connectivity index is 1.48. The van der Waals surface area contributed by atoms with Crippen molar-refractivity contribution in [3.05, 3.63) is 71.7 Å². The number of rotatable bonds is 5. The van der Waals surface area contributed by atoms with E-state index in [-0.39, 0.29) is 0 Å². The van der Waals surface area contributed by atoms with E-state index >= 15 is 0 Å².